The fourth-order valence-corrected chi connectivity index (χ4v) is 1.97. The molecule has 1 aliphatic rings. The highest BCUT2D eigenvalue weighted by atomic mass is 16.5. The second-order valence-corrected chi connectivity index (χ2v) is 5.40. The molecule has 0 aliphatic carbocycles. The zero-order valence-corrected chi connectivity index (χ0v) is 11.3. The van der Waals surface area contributed by atoms with Gasteiger partial charge >= 0.3 is 0 Å². The van der Waals surface area contributed by atoms with Crippen molar-refractivity contribution in [2.45, 2.75) is 26.3 Å². The first-order valence-electron chi connectivity index (χ1n) is 6.15. The van der Waals surface area contributed by atoms with Gasteiger partial charge in [-0.05, 0) is 26.3 Å². The van der Waals surface area contributed by atoms with Gasteiger partial charge in [-0.2, -0.15) is 0 Å². The second kappa shape index (κ2) is 4.88. The summed E-state index contributed by atoms with van der Waals surface area (Å²) in [4.78, 5) is 25.3. The van der Waals surface area contributed by atoms with Crippen LogP contribution >= 0.6 is 0 Å². The fourth-order valence-electron chi connectivity index (χ4n) is 1.97. The number of hydrogen-bond donors (Lipinski definition) is 0. The van der Waals surface area contributed by atoms with Gasteiger partial charge in [-0.25, -0.2) is 0 Å². The Bertz CT molecular complexity index is 526. The molecule has 4 heteroatoms. The molecule has 2 rings (SSSR count). The van der Waals surface area contributed by atoms with E-state index in [4.69, 9.17) is 4.74 Å². The minimum Gasteiger partial charge on any atom is -0.469 e. The minimum absolute atomic E-state index is 0.104. The maximum atomic E-state index is 12.6. The topological polar surface area (TPSA) is 46.6 Å². The van der Waals surface area contributed by atoms with Crippen LogP contribution in [0.25, 0.3) is 5.57 Å². The van der Waals surface area contributed by atoms with Gasteiger partial charge in [-0.15, -0.1) is 0 Å². The standard InChI is InChI=1S/C15H17NO3/c1-15(2,3)16-10-19-12(9-17)13(14(16)18)11-7-5-4-6-8-11/h4-9H,10H2,1-3H3. The molecule has 19 heavy (non-hydrogen) atoms. The lowest BCUT2D eigenvalue weighted by atomic mass is 9.99. The molecule has 1 heterocycles. The van der Waals surface area contributed by atoms with Crippen molar-refractivity contribution in [2.24, 2.45) is 0 Å². The van der Waals surface area contributed by atoms with Crippen molar-refractivity contribution in [3.63, 3.8) is 0 Å². The van der Waals surface area contributed by atoms with Crippen LogP contribution in [-0.2, 0) is 14.3 Å². The summed E-state index contributed by atoms with van der Waals surface area (Å²) < 4.78 is 5.42. The molecule has 0 atom stereocenters. The Morgan fingerprint density at radius 2 is 1.84 bits per heavy atom. The number of allylic oxidation sites excluding steroid dienone is 1. The summed E-state index contributed by atoms with van der Waals surface area (Å²) >= 11 is 0. The number of amides is 1. The molecule has 1 aromatic carbocycles. The van der Waals surface area contributed by atoms with Crippen LogP contribution in [0.4, 0.5) is 0 Å². The lowest BCUT2D eigenvalue weighted by molar-refractivity contribution is -0.139. The van der Waals surface area contributed by atoms with Crippen LogP contribution in [-0.4, -0.2) is 29.4 Å². The van der Waals surface area contributed by atoms with Gasteiger partial charge in [0.1, 0.15) is 0 Å². The molecule has 0 N–H and O–H groups in total. The molecule has 1 aliphatic heterocycles. The van der Waals surface area contributed by atoms with E-state index in [1.165, 1.54) is 0 Å². The molecule has 4 nitrogen and oxygen atoms in total. The van der Waals surface area contributed by atoms with Gasteiger partial charge in [-0.1, -0.05) is 30.3 Å². The average molecular weight is 259 g/mol. The van der Waals surface area contributed by atoms with Crippen molar-refractivity contribution in [3.05, 3.63) is 41.7 Å². The van der Waals surface area contributed by atoms with Crippen molar-refractivity contribution in [2.75, 3.05) is 6.73 Å². The molecular weight excluding hydrogens is 242 g/mol. The Hall–Kier alpha value is -2.10. The Kier molecular flexibility index (Phi) is 3.42. The van der Waals surface area contributed by atoms with Crippen molar-refractivity contribution in [3.8, 4) is 0 Å². The third-order valence-corrected chi connectivity index (χ3v) is 3.03. The number of ether oxygens (including phenoxy) is 1. The lowest BCUT2D eigenvalue weighted by Crippen LogP contribution is -2.49. The van der Waals surface area contributed by atoms with Crippen LogP contribution in [0.5, 0.6) is 0 Å². The van der Waals surface area contributed by atoms with Crippen molar-refractivity contribution in [1.82, 2.24) is 4.90 Å². The number of carbonyl (C=O) groups is 2. The normalized spacial score (nSPS) is 16.4. The summed E-state index contributed by atoms with van der Waals surface area (Å²) in [6, 6.07) is 9.11. The first kappa shape index (κ1) is 13.3. The van der Waals surface area contributed by atoms with Gasteiger partial charge in [0.15, 0.2) is 18.8 Å². The Labute approximate surface area is 112 Å². The van der Waals surface area contributed by atoms with Crippen LogP contribution in [0, 0.1) is 0 Å². The van der Waals surface area contributed by atoms with E-state index >= 15 is 0 Å². The number of nitrogens with zero attached hydrogens (tertiary/aromatic N) is 1. The lowest BCUT2D eigenvalue weighted by Gasteiger charge is -2.38. The maximum absolute atomic E-state index is 12.6. The van der Waals surface area contributed by atoms with E-state index < -0.39 is 0 Å². The number of hydrogen-bond acceptors (Lipinski definition) is 3. The zero-order valence-electron chi connectivity index (χ0n) is 11.3. The number of carbonyl (C=O) groups excluding carboxylic acids is 2. The van der Waals surface area contributed by atoms with Crippen LogP contribution in [0.15, 0.2) is 36.1 Å². The van der Waals surface area contributed by atoms with Crippen LogP contribution in [0.1, 0.15) is 26.3 Å². The number of rotatable bonds is 2. The Morgan fingerprint density at radius 1 is 1.21 bits per heavy atom. The van der Waals surface area contributed by atoms with Crippen LogP contribution < -0.4 is 0 Å². The third-order valence-electron chi connectivity index (χ3n) is 3.03. The summed E-state index contributed by atoms with van der Waals surface area (Å²) in [5.41, 5.74) is 0.672. The highest BCUT2D eigenvalue weighted by Gasteiger charge is 2.35. The smallest absolute Gasteiger partial charge is 0.261 e. The quantitative estimate of drug-likeness (QED) is 0.765. The van der Waals surface area contributed by atoms with Crippen molar-refractivity contribution in [1.29, 1.82) is 0 Å². The SMILES string of the molecule is CC(C)(C)N1COC(C=O)=C(c2ccccc2)C1=O. The van der Waals surface area contributed by atoms with Gasteiger partial charge in [0.25, 0.3) is 5.91 Å². The molecule has 0 aromatic heterocycles. The third kappa shape index (κ3) is 2.52. The second-order valence-electron chi connectivity index (χ2n) is 5.40. The first-order chi connectivity index (χ1) is 8.95. The molecule has 0 spiro atoms. The Balaban J connectivity index is 2.50. The number of aldehydes is 1. The van der Waals surface area contributed by atoms with E-state index in [2.05, 4.69) is 0 Å². The Morgan fingerprint density at radius 3 is 2.37 bits per heavy atom. The predicted molar refractivity (Wildman–Crippen MR) is 72.0 cm³/mol. The zero-order chi connectivity index (χ0) is 14.0. The van der Waals surface area contributed by atoms with Gasteiger partial charge in [0.2, 0.25) is 0 Å². The molecule has 0 saturated heterocycles. The monoisotopic (exact) mass is 259 g/mol. The van der Waals surface area contributed by atoms with Gasteiger partial charge in [-0.3, -0.25) is 9.59 Å². The predicted octanol–water partition coefficient (Wildman–Crippen LogP) is 2.21. The van der Waals surface area contributed by atoms with E-state index in [0.717, 1.165) is 0 Å². The summed E-state index contributed by atoms with van der Waals surface area (Å²) in [6.45, 7) is 5.90. The molecule has 0 saturated carbocycles. The molecule has 1 aromatic rings. The van der Waals surface area contributed by atoms with E-state index in [9.17, 15) is 9.59 Å². The largest absolute Gasteiger partial charge is 0.469 e. The van der Waals surface area contributed by atoms with E-state index in [1.54, 1.807) is 17.0 Å². The van der Waals surface area contributed by atoms with Crippen LogP contribution in [0.2, 0.25) is 0 Å². The molecular formula is C15H17NO3. The highest BCUT2D eigenvalue weighted by Crippen LogP contribution is 2.29. The van der Waals surface area contributed by atoms with Crippen LogP contribution in [0.3, 0.4) is 0 Å². The van der Waals surface area contributed by atoms with Crippen molar-refractivity contribution >= 4 is 17.8 Å². The molecule has 0 bridgehead atoms. The number of benzene rings is 1. The molecule has 100 valence electrons. The van der Waals surface area contributed by atoms with Gasteiger partial charge < -0.3 is 9.64 Å². The van der Waals surface area contributed by atoms with Gasteiger partial charge in [0, 0.05) is 5.54 Å². The first-order valence-corrected chi connectivity index (χ1v) is 6.15. The molecule has 0 fully saturated rings. The molecule has 1 amide bonds. The van der Waals surface area contributed by atoms with E-state index in [0.29, 0.717) is 17.4 Å². The summed E-state index contributed by atoms with van der Waals surface area (Å²) in [5.74, 6) is -0.0660. The van der Waals surface area contributed by atoms with E-state index in [-0.39, 0.29) is 23.9 Å². The van der Waals surface area contributed by atoms with E-state index in [1.807, 2.05) is 39.0 Å². The molecule has 0 unspecified atom stereocenters. The summed E-state index contributed by atoms with van der Waals surface area (Å²) in [6.07, 6.45) is 0.597. The fraction of sp³-hybridized carbons (Fsp3) is 0.333. The average Bonchev–Trinajstić information content (AvgIpc) is 2.37. The summed E-state index contributed by atoms with van der Waals surface area (Å²) in [7, 11) is 0. The van der Waals surface area contributed by atoms with Gasteiger partial charge in [0.05, 0.1) is 5.57 Å². The highest BCUT2D eigenvalue weighted by molar-refractivity contribution is 6.23. The maximum Gasteiger partial charge on any atom is 0.261 e. The summed E-state index contributed by atoms with van der Waals surface area (Å²) in [5, 5.41) is 0. The molecule has 0 radical (unpaired) electrons. The van der Waals surface area contributed by atoms with Crippen molar-refractivity contribution < 1.29 is 14.3 Å². The minimum atomic E-state index is -0.356.